The van der Waals surface area contributed by atoms with Gasteiger partial charge in [-0.25, -0.2) is 4.98 Å². The molecule has 2 rings (SSSR count). The number of aromatic hydroxyl groups is 1. The molecule has 0 saturated heterocycles. The van der Waals surface area contributed by atoms with Gasteiger partial charge in [0.2, 0.25) is 0 Å². The van der Waals surface area contributed by atoms with Crippen LogP contribution in [0.1, 0.15) is 11.4 Å². The molecule has 0 aliphatic heterocycles. The lowest BCUT2D eigenvalue weighted by Gasteiger charge is -2.04. The van der Waals surface area contributed by atoms with Crippen LogP contribution in [0.5, 0.6) is 5.75 Å². The van der Waals surface area contributed by atoms with Gasteiger partial charge in [0.05, 0.1) is 23.3 Å². The van der Waals surface area contributed by atoms with Crippen LogP contribution in [0.25, 0.3) is 11.3 Å². The van der Waals surface area contributed by atoms with Crippen LogP contribution in [0.4, 0.5) is 0 Å². The maximum absolute atomic E-state index is 9.41. The first-order valence-corrected chi connectivity index (χ1v) is 5.01. The molecule has 0 aliphatic carbocycles. The molecule has 0 atom stereocenters. The number of hydrogen-bond acceptors (Lipinski definition) is 4. The molecular weight excluding hydrogens is 204 g/mol. The van der Waals surface area contributed by atoms with Crippen LogP contribution in [0.3, 0.4) is 0 Å². The third-order valence-electron chi connectivity index (χ3n) is 2.59. The van der Waals surface area contributed by atoms with Gasteiger partial charge in [0.1, 0.15) is 5.75 Å². The summed E-state index contributed by atoms with van der Waals surface area (Å²) in [6.07, 6.45) is 1.74. The van der Waals surface area contributed by atoms with E-state index in [1.165, 1.54) is 0 Å². The smallest absolute Gasteiger partial charge is 0.136 e. The average Bonchev–Trinajstić information content (AvgIpc) is 2.63. The molecule has 0 spiro atoms. The fourth-order valence-corrected chi connectivity index (χ4v) is 1.62. The van der Waals surface area contributed by atoms with Crippen molar-refractivity contribution >= 4 is 0 Å². The van der Waals surface area contributed by atoms with Crippen molar-refractivity contribution in [2.75, 3.05) is 0 Å². The zero-order valence-electron chi connectivity index (χ0n) is 9.31. The summed E-state index contributed by atoms with van der Waals surface area (Å²) < 4.78 is 1.74. The lowest BCUT2D eigenvalue weighted by molar-refractivity contribution is 0.468. The highest BCUT2D eigenvalue weighted by molar-refractivity contribution is 5.62. The maximum atomic E-state index is 9.41. The number of aromatic nitrogens is 3. The normalized spacial score (nSPS) is 10.7. The Morgan fingerprint density at radius 3 is 2.81 bits per heavy atom. The van der Waals surface area contributed by atoms with E-state index in [1.54, 1.807) is 29.9 Å². The minimum atomic E-state index is 0.196. The third kappa shape index (κ3) is 1.65. The summed E-state index contributed by atoms with van der Waals surface area (Å²) in [5.74, 6) is 0.196. The van der Waals surface area contributed by atoms with Gasteiger partial charge < -0.3 is 10.8 Å². The highest BCUT2D eigenvalue weighted by atomic mass is 16.3. The van der Waals surface area contributed by atoms with Crippen LogP contribution in [-0.2, 0) is 13.6 Å². The molecule has 2 aromatic rings. The van der Waals surface area contributed by atoms with Gasteiger partial charge in [0.25, 0.3) is 0 Å². The van der Waals surface area contributed by atoms with Crippen LogP contribution in [-0.4, -0.2) is 19.9 Å². The first-order chi connectivity index (χ1) is 7.63. The highest BCUT2D eigenvalue weighted by Crippen LogP contribution is 2.24. The van der Waals surface area contributed by atoms with E-state index < -0.39 is 0 Å². The number of pyridine rings is 1. The van der Waals surface area contributed by atoms with Gasteiger partial charge in [-0.2, -0.15) is 5.10 Å². The van der Waals surface area contributed by atoms with E-state index in [9.17, 15) is 5.11 Å². The molecule has 2 aromatic heterocycles. The van der Waals surface area contributed by atoms with E-state index in [2.05, 4.69) is 10.1 Å². The standard InChI is InChI=1S/C11H14N4O/c1-7-11(16)4-3-9(14-7)8-6-13-15(2)10(8)5-12/h3-4,6,16H,5,12H2,1-2H3. The topological polar surface area (TPSA) is 77.0 Å². The minimum Gasteiger partial charge on any atom is -0.506 e. The Hall–Kier alpha value is -1.88. The Morgan fingerprint density at radius 1 is 1.44 bits per heavy atom. The molecule has 5 heteroatoms. The molecule has 5 nitrogen and oxygen atoms in total. The van der Waals surface area contributed by atoms with E-state index in [-0.39, 0.29) is 5.75 Å². The van der Waals surface area contributed by atoms with Gasteiger partial charge in [-0.1, -0.05) is 0 Å². The second-order valence-electron chi connectivity index (χ2n) is 3.63. The maximum Gasteiger partial charge on any atom is 0.136 e. The molecule has 3 N–H and O–H groups in total. The Labute approximate surface area is 93.5 Å². The molecule has 0 aromatic carbocycles. The van der Waals surface area contributed by atoms with Crippen molar-refractivity contribution in [1.29, 1.82) is 0 Å². The van der Waals surface area contributed by atoms with Gasteiger partial charge >= 0.3 is 0 Å². The Morgan fingerprint density at radius 2 is 2.19 bits per heavy atom. The van der Waals surface area contributed by atoms with Crippen molar-refractivity contribution in [3.63, 3.8) is 0 Å². The van der Waals surface area contributed by atoms with Crippen LogP contribution in [0, 0.1) is 6.92 Å². The lowest BCUT2D eigenvalue weighted by atomic mass is 10.1. The molecule has 0 unspecified atom stereocenters. The number of nitrogens with two attached hydrogens (primary N) is 1. The van der Waals surface area contributed by atoms with E-state index in [1.807, 2.05) is 7.05 Å². The molecule has 0 fully saturated rings. The van der Waals surface area contributed by atoms with E-state index in [0.717, 1.165) is 17.0 Å². The molecule has 0 saturated carbocycles. The number of aryl methyl sites for hydroxylation is 2. The van der Waals surface area contributed by atoms with Gasteiger partial charge in [-0.05, 0) is 19.1 Å². The van der Waals surface area contributed by atoms with E-state index in [0.29, 0.717) is 12.2 Å². The number of nitrogens with zero attached hydrogens (tertiary/aromatic N) is 3. The lowest BCUT2D eigenvalue weighted by Crippen LogP contribution is -2.05. The number of hydrogen-bond donors (Lipinski definition) is 2. The van der Waals surface area contributed by atoms with Crippen LogP contribution in [0.15, 0.2) is 18.3 Å². The highest BCUT2D eigenvalue weighted by Gasteiger charge is 2.11. The SMILES string of the molecule is Cc1nc(-c2cnn(C)c2CN)ccc1O. The molecule has 0 bridgehead atoms. The summed E-state index contributed by atoms with van der Waals surface area (Å²) in [7, 11) is 1.85. The first-order valence-electron chi connectivity index (χ1n) is 5.01. The second-order valence-corrected chi connectivity index (χ2v) is 3.63. The molecule has 0 radical (unpaired) electrons. The van der Waals surface area contributed by atoms with Gasteiger partial charge in [-0.15, -0.1) is 0 Å². The molecule has 16 heavy (non-hydrogen) atoms. The monoisotopic (exact) mass is 218 g/mol. The second kappa shape index (κ2) is 3.94. The van der Waals surface area contributed by atoms with Crippen molar-refractivity contribution in [2.45, 2.75) is 13.5 Å². The molecule has 0 amide bonds. The van der Waals surface area contributed by atoms with Gasteiger partial charge in [0.15, 0.2) is 0 Å². The Bertz CT molecular complexity index is 519. The summed E-state index contributed by atoms with van der Waals surface area (Å²) in [4.78, 5) is 4.31. The Balaban J connectivity index is 2.54. The fraction of sp³-hybridized carbons (Fsp3) is 0.273. The van der Waals surface area contributed by atoms with E-state index in [4.69, 9.17) is 5.73 Å². The van der Waals surface area contributed by atoms with Crippen molar-refractivity contribution in [3.8, 4) is 17.0 Å². The number of rotatable bonds is 2. The first kappa shape index (κ1) is 10.6. The van der Waals surface area contributed by atoms with E-state index >= 15 is 0 Å². The van der Waals surface area contributed by atoms with Gasteiger partial charge in [0, 0.05) is 19.2 Å². The van der Waals surface area contributed by atoms with Crippen LogP contribution < -0.4 is 5.73 Å². The van der Waals surface area contributed by atoms with Crippen LogP contribution in [0.2, 0.25) is 0 Å². The minimum absolute atomic E-state index is 0.196. The largest absolute Gasteiger partial charge is 0.506 e. The summed E-state index contributed by atoms with van der Waals surface area (Å²) in [6, 6.07) is 3.39. The van der Waals surface area contributed by atoms with Crippen molar-refractivity contribution in [3.05, 3.63) is 29.7 Å². The Kier molecular flexibility index (Phi) is 2.62. The zero-order chi connectivity index (χ0) is 11.7. The molecule has 84 valence electrons. The predicted octanol–water partition coefficient (Wildman–Crippen LogP) is 0.955. The van der Waals surface area contributed by atoms with Crippen molar-refractivity contribution < 1.29 is 5.11 Å². The summed E-state index contributed by atoms with van der Waals surface area (Å²) in [5.41, 5.74) is 8.88. The van der Waals surface area contributed by atoms with Crippen molar-refractivity contribution in [2.24, 2.45) is 12.8 Å². The quantitative estimate of drug-likeness (QED) is 0.787. The van der Waals surface area contributed by atoms with Gasteiger partial charge in [-0.3, -0.25) is 4.68 Å². The molecule has 2 heterocycles. The fourth-order valence-electron chi connectivity index (χ4n) is 1.62. The summed E-state index contributed by atoms with van der Waals surface area (Å²) >= 11 is 0. The zero-order valence-corrected chi connectivity index (χ0v) is 9.31. The predicted molar refractivity (Wildman–Crippen MR) is 60.7 cm³/mol. The molecule has 0 aliphatic rings. The molecular formula is C11H14N4O. The summed E-state index contributed by atoms with van der Waals surface area (Å²) in [5, 5.41) is 13.6. The average molecular weight is 218 g/mol. The third-order valence-corrected chi connectivity index (χ3v) is 2.59. The summed E-state index contributed by atoms with van der Waals surface area (Å²) in [6.45, 7) is 2.17. The van der Waals surface area contributed by atoms with Crippen LogP contribution >= 0.6 is 0 Å². The van der Waals surface area contributed by atoms with Crippen molar-refractivity contribution in [1.82, 2.24) is 14.8 Å².